The van der Waals surface area contributed by atoms with Crippen LogP contribution in [-0.2, 0) is 6.42 Å². The molecule has 0 aromatic carbocycles. The maximum absolute atomic E-state index is 12.5. The zero-order chi connectivity index (χ0) is 13.1. The molecular formula is C14H22N2OS. The van der Waals surface area contributed by atoms with E-state index >= 15 is 0 Å². The van der Waals surface area contributed by atoms with E-state index in [9.17, 15) is 4.79 Å². The molecule has 1 saturated heterocycles. The van der Waals surface area contributed by atoms with Crippen molar-refractivity contribution in [1.29, 1.82) is 0 Å². The second kappa shape index (κ2) is 5.85. The third-order valence-corrected chi connectivity index (χ3v) is 4.59. The van der Waals surface area contributed by atoms with Gasteiger partial charge in [0.25, 0.3) is 5.91 Å². The number of thiophene rings is 1. The quantitative estimate of drug-likeness (QED) is 0.911. The van der Waals surface area contributed by atoms with Gasteiger partial charge >= 0.3 is 0 Å². The van der Waals surface area contributed by atoms with Crippen molar-refractivity contribution in [3.63, 3.8) is 0 Å². The molecule has 18 heavy (non-hydrogen) atoms. The van der Waals surface area contributed by atoms with E-state index in [1.807, 2.05) is 4.90 Å². The fraction of sp³-hybridized carbons (Fsp3) is 0.643. The maximum Gasteiger partial charge on any atom is 0.264 e. The summed E-state index contributed by atoms with van der Waals surface area (Å²) in [7, 11) is 0. The first-order chi connectivity index (χ1) is 8.63. The number of carbonyl (C=O) groups is 1. The summed E-state index contributed by atoms with van der Waals surface area (Å²) in [6, 6.07) is 2.39. The van der Waals surface area contributed by atoms with Gasteiger partial charge in [-0.2, -0.15) is 0 Å². The predicted molar refractivity (Wildman–Crippen MR) is 76.4 cm³/mol. The van der Waals surface area contributed by atoms with Gasteiger partial charge in [-0.05, 0) is 31.9 Å². The van der Waals surface area contributed by atoms with Crippen LogP contribution in [0, 0.1) is 6.92 Å². The topological polar surface area (TPSA) is 32.3 Å². The monoisotopic (exact) mass is 266 g/mol. The number of hydrogen-bond donors (Lipinski definition) is 1. The molecule has 0 aliphatic carbocycles. The Morgan fingerprint density at radius 1 is 1.61 bits per heavy atom. The van der Waals surface area contributed by atoms with Crippen LogP contribution in [0.3, 0.4) is 0 Å². The van der Waals surface area contributed by atoms with Crippen molar-refractivity contribution >= 4 is 17.2 Å². The molecule has 1 fully saturated rings. The van der Waals surface area contributed by atoms with E-state index in [1.54, 1.807) is 11.3 Å². The van der Waals surface area contributed by atoms with Gasteiger partial charge < -0.3 is 10.2 Å². The second-order valence-corrected chi connectivity index (χ2v) is 6.25. The number of nitrogens with zero attached hydrogens (tertiary/aromatic N) is 1. The number of amides is 1. The minimum atomic E-state index is 0.208. The molecule has 1 aliphatic heterocycles. The lowest BCUT2D eigenvalue weighted by Crippen LogP contribution is -2.52. The van der Waals surface area contributed by atoms with Crippen LogP contribution in [0.1, 0.15) is 40.4 Å². The Balaban J connectivity index is 2.15. The molecule has 0 saturated carbocycles. The van der Waals surface area contributed by atoms with Crippen LogP contribution in [0.2, 0.25) is 0 Å². The summed E-state index contributed by atoms with van der Waals surface area (Å²) in [6.45, 7) is 9.03. The van der Waals surface area contributed by atoms with Crippen LogP contribution in [0.4, 0.5) is 0 Å². The predicted octanol–water partition coefficient (Wildman–Crippen LogP) is 2.44. The van der Waals surface area contributed by atoms with Gasteiger partial charge in [-0.1, -0.05) is 13.3 Å². The van der Waals surface area contributed by atoms with E-state index in [4.69, 9.17) is 0 Å². The summed E-state index contributed by atoms with van der Waals surface area (Å²) in [5, 5.41) is 3.32. The Morgan fingerprint density at radius 2 is 2.39 bits per heavy atom. The molecular weight excluding hydrogens is 244 g/mol. The molecule has 1 amide bonds. The lowest BCUT2D eigenvalue weighted by Gasteiger charge is -2.33. The summed E-state index contributed by atoms with van der Waals surface area (Å²) in [6.07, 6.45) is 2.21. The molecule has 4 heteroatoms. The highest BCUT2D eigenvalue weighted by Gasteiger charge is 2.25. The van der Waals surface area contributed by atoms with E-state index in [1.165, 1.54) is 10.4 Å². The summed E-state index contributed by atoms with van der Waals surface area (Å²) in [5.74, 6) is 0.208. The molecule has 100 valence electrons. The number of nitrogens with one attached hydrogen (secondary N) is 1. The zero-order valence-electron chi connectivity index (χ0n) is 11.5. The maximum atomic E-state index is 12.5. The largest absolute Gasteiger partial charge is 0.333 e. The highest BCUT2D eigenvalue weighted by molar-refractivity contribution is 7.14. The van der Waals surface area contributed by atoms with Crippen LogP contribution < -0.4 is 5.32 Å². The van der Waals surface area contributed by atoms with Gasteiger partial charge in [-0.15, -0.1) is 11.3 Å². The molecule has 0 radical (unpaired) electrons. The van der Waals surface area contributed by atoms with E-state index in [-0.39, 0.29) is 5.91 Å². The van der Waals surface area contributed by atoms with Gasteiger partial charge in [0.2, 0.25) is 0 Å². The summed E-state index contributed by atoms with van der Waals surface area (Å²) < 4.78 is 0. The molecule has 2 heterocycles. The van der Waals surface area contributed by atoms with Crippen LogP contribution in [0.5, 0.6) is 0 Å². The SMILES string of the molecule is CCCc1cc(C(=O)N2CCNC[C@H]2C)sc1C. The number of piperazine rings is 1. The summed E-state index contributed by atoms with van der Waals surface area (Å²) in [5.41, 5.74) is 1.34. The first-order valence-electron chi connectivity index (χ1n) is 6.74. The smallest absolute Gasteiger partial charge is 0.264 e. The molecule has 1 aromatic rings. The van der Waals surface area contributed by atoms with Crippen LogP contribution in [-0.4, -0.2) is 36.5 Å². The Labute approximate surface area is 113 Å². The van der Waals surface area contributed by atoms with Crippen molar-refractivity contribution in [3.05, 3.63) is 21.4 Å². The fourth-order valence-corrected chi connectivity index (χ4v) is 3.45. The fourth-order valence-electron chi connectivity index (χ4n) is 2.43. The highest BCUT2D eigenvalue weighted by atomic mass is 32.1. The molecule has 1 aliphatic rings. The van der Waals surface area contributed by atoms with Gasteiger partial charge in [-0.3, -0.25) is 4.79 Å². The van der Waals surface area contributed by atoms with Gasteiger partial charge in [-0.25, -0.2) is 0 Å². The van der Waals surface area contributed by atoms with Crippen molar-refractivity contribution < 1.29 is 4.79 Å². The van der Waals surface area contributed by atoms with Crippen LogP contribution in [0.25, 0.3) is 0 Å². The van der Waals surface area contributed by atoms with E-state index in [0.29, 0.717) is 6.04 Å². The Kier molecular flexibility index (Phi) is 4.40. The van der Waals surface area contributed by atoms with Gasteiger partial charge in [0.05, 0.1) is 4.88 Å². The number of hydrogen-bond acceptors (Lipinski definition) is 3. The first-order valence-corrected chi connectivity index (χ1v) is 7.56. The third kappa shape index (κ3) is 2.75. The van der Waals surface area contributed by atoms with Gasteiger partial charge in [0.15, 0.2) is 0 Å². The average molecular weight is 266 g/mol. The lowest BCUT2D eigenvalue weighted by molar-refractivity contribution is 0.0660. The molecule has 2 rings (SSSR count). The Hall–Kier alpha value is -0.870. The van der Waals surface area contributed by atoms with Gasteiger partial charge in [0, 0.05) is 30.6 Å². The van der Waals surface area contributed by atoms with E-state index < -0.39 is 0 Å². The normalized spacial score (nSPS) is 20.2. The van der Waals surface area contributed by atoms with Crippen molar-refractivity contribution in [2.75, 3.05) is 19.6 Å². The molecule has 0 unspecified atom stereocenters. The molecule has 0 spiro atoms. The molecule has 1 atom stereocenters. The first kappa shape index (κ1) is 13.6. The average Bonchev–Trinajstić information content (AvgIpc) is 2.71. The molecule has 1 aromatic heterocycles. The van der Waals surface area contributed by atoms with E-state index in [2.05, 4.69) is 32.2 Å². The Morgan fingerprint density at radius 3 is 3.06 bits per heavy atom. The van der Waals surface area contributed by atoms with Crippen molar-refractivity contribution in [2.45, 2.75) is 39.7 Å². The number of aryl methyl sites for hydroxylation is 2. The van der Waals surface area contributed by atoms with Crippen LogP contribution in [0.15, 0.2) is 6.07 Å². The van der Waals surface area contributed by atoms with Crippen molar-refractivity contribution in [1.82, 2.24) is 10.2 Å². The molecule has 1 N–H and O–H groups in total. The highest BCUT2D eigenvalue weighted by Crippen LogP contribution is 2.25. The lowest BCUT2D eigenvalue weighted by atomic mass is 10.1. The minimum Gasteiger partial charge on any atom is -0.333 e. The Bertz CT molecular complexity index is 427. The third-order valence-electron chi connectivity index (χ3n) is 3.51. The zero-order valence-corrected chi connectivity index (χ0v) is 12.3. The standard InChI is InChI=1S/C14H22N2OS/c1-4-5-12-8-13(18-11(12)3)14(17)16-7-6-15-9-10(16)2/h8,10,15H,4-7,9H2,1-3H3/t10-/m1/s1. The second-order valence-electron chi connectivity index (χ2n) is 4.99. The number of carbonyl (C=O) groups excluding carboxylic acids is 1. The number of rotatable bonds is 3. The van der Waals surface area contributed by atoms with Crippen molar-refractivity contribution in [3.8, 4) is 0 Å². The van der Waals surface area contributed by atoms with Crippen LogP contribution >= 0.6 is 11.3 Å². The van der Waals surface area contributed by atoms with Crippen molar-refractivity contribution in [2.24, 2.45) is 0 Å². The molecule has 3 nitrogen and oxygen atoms in total. The van der Waals surface area contributed by atoms with E-state index in [0.717, 1.165) is 37.4 Å². The minimum absolute atomic E-state index is 0.208. The molecule has 0 bridgehead atoms. The van der Waals surface area contributed by atoms with Gasteiger partial charge in [0.1, 0.15) is 0 Å². The summed E-state index contributed by atoms with van der Waals surface area (Å²) in [4.78, 5) is 16.7. The summed E-state index contributed by atoms with van der Waals surface area (Å²) >= 11 is 1.65.